The minimum atomic E-state index is -0.318. The molecule has 0 aliphatic rings. The first-order valence-electron chi connectivity index (χ1n) is 4.87. The lowest BCUT2D eigenvalue weighted by Crippen LogP contribution is -2.11. The third-order valence-corrected chi connectivity index (χ3v) is 3.19. The number of halogens is 1. The second kappa shape index (κ2) is 5.91. The largest absolute Gasteiger partial charge is 0.504 e. The van der Waals surface area contributed by atoms with E-state index in [1.807, 2.05) is 22.9 Å². The van der Waals surface area contributed by atoms with E-state index in [0.717, 1.165) is 5.56 Å². The van der Waals surface area contributed by atoms with E-state index in [2.05, 4.69) is 0 Å². The third-order valence-electron chi connectivity index (χ3n) is 2.49. The molecule has 92 valence electrons. The van der Waals surface area contributed by atoms with Crippen molar-refractivity contribution in [3.63, 3.8) is 0 Å². The fraction of sp³-hybridized carbons (Fsp3) is 0.167. The van der Waals surface area contributed by atoms with Crippen LogP contribution in [0, 0.1) is 0 Å². The molecule has 3 nitrogen and oxygen atoms in total. The summed E-state index contributed by atoms with van der Waals surface area (Å²) in [5, 5.41) is 13.9. The molecule has 0 spiro atoms. The van der Waals surface area contributed by atoms with Crippen molar-refractivity contribution >= 4 is 23.7 Å². The standard InChI is InChI=1S/C12H13NO2S.ClH/c1-15-10-4-2-3-9(12(10)14)11(13)8-5-6-16-7-8;/h2-7,11,14H,13H2,1H3;1H/t11-;/m1./s1. The molecule has 17 heavy (non-hydrogen) atoms. The molecule has 0 saturated heterocycles. The zero-order valence-electron chi connectivity index (χ0n) is 9.29. The summed E-state index contributed by atoms with van der Waals surface area (Å²) in [6.07, 6.45) is 0. The van der Waals surface area contributed by atoms with E-state index >= 15 is 0 Å². The maximum absolute atomic E-state index is 9.96. The van der Waals surface area contributed by atoms with Gasteiger partial charge < -0.3 is 15.6 Å². The van der Waals surface area contributed by atoms with Gasteiger partial charge in [-0.3, -0.25) is 0 Å². The number of phenols is 1. The van der Waals surface area contributed by atoms with Gasteiger partial charge in [0, 0.05) is 5.56 Å². The second-order valence-electron chi connectivity index (χ2n) is 3.43. The van der Waals surface area contributed by atoms with Crippen LogP contribution in [0.4, 0.5) is 0 Å². The highest BCUT2D eigenvalue weighted by atomic mass is 35.5. The summed E-state index contributed by atoms with van der Waals surface area (Å²) >= 11 is 1.59. The maximum atomic E-state index is 9.96. The Bertz CT molecular complexity index is 473. The van der Waals surface area contributed by atoms with Crippen molar-refractivity contribution < 1.29 is 9.84 Å². The van der Waals surface area contributed by atoms with Crippen LogP contribution in [0.5, 0.6) is 11.5 Å². The SMILES string of the molecule is COc1cccc([C@H](N)c2ccsc2)c1O.Cl. The van der Waals surface area contributed by atoms with Gasteiger partial charge >= 0.3 is 0 Å². The number of methoxy groups -OCH3 is 1. The number of benzene rings is 1. The highest BCUT2D eigenvalue weighted by molar-refractivity contribution is 7.08. The number of thiophene rings is 1. The second-order valence-corrected chi connectivity index (χ2v) is 4.21. The fourth-order valence-electron chi connectivity index (χ4n) is 1.59. The van der Waals surface area contributed by atoms with Gasteiger partial charge in [-0.25, -0.2) is 0 Å². The smallest absolute Gasteiger partial charge is 0.162 e. The minimum Gasteiger partial charge on any atom is -0.504 e. The normalized spacial score (nSPS) is 11.6. The van der Waals surface area contributed by atoms with Crippen LogP contribution in [0.3, 0.4) is 0 Å². The van der Waals surface area contributed by atoms with E-state index < -0.39 is 0 Å². The summed E-state index contributed by atoms with van der Waals surface area (Å²) in [6, 6.07) is 6.97. The lowest BCUT2D eigenvalue weighted by Gasteiger charge is -2.14. The molecular weight excluding hydrogens is 258 g/mol. The Morgan fingerprint density at radius 2 is 2.12 bits per heavy atom. The highest BCUT2D eigenvalue weighted by Gasteiger charge is 2.15. The number of rotatable bonds is 3. The van der Waals surface area contributed by atoms with Gasteiger partial charge in [0.25, 0.3) is 0 Å². The Hall–Kier alpha value is -1.23. The molecule has 1 aromatic heterocycles. The molecule has 1 heterocycles. The molecule has 0 amide bonds. The van der Waals surface area contributed by atoms with Crippen LogP contribution in [0.2, 0.25) is 0 Å². The summed E-state index contributed by atoms with van der Waals surface area (Å²) < 4.78 is 5.05. The Morgan fingerprint density at radius 1 is 1.35 bits per heavy atom. The van der Waals surface area contributed by atoms with Gasteiger partial charge in [0.05, 0.1) is 13.2 Å². The van der Waals surface area contributed by atoms with E-state index in [0.29, 0.717) is 11.3 Å². The van der Waals surface area contributed by atoms with E-state index in [1.54, 1.807) is 23.5 Å². The molecule has 3 N–H and O–H groups in total. The van der Waals surface area contributed by atoms with E-state index in [4.69, 9.17) is 10.5 Å². The molecule has 0 unspecified atom stereocenters. The monoisotopic (exact) mass is 271 g/mol. The molecule has 0 aliphatic heterocycles. The molecule has 1 atom stereocenters. The van der Waals surface area contributed by atoms with E-state index in [1.165, 1.54) is 7.11 Å². The van der Waals surface area contributed by atoms with E-state index in [-0.39, 0.29) is 24.2 Å². The topological polar surface area (TPSA) is 55.5 Å². The number of para-hydroxylation sites is 1. The first-order chi connectivity index (χ1) is 7.74. The Kier molecular flexibility index (Phi) is 4.81. The van der Waals surface area contributed by atoms with Crippen LogP contribution in [-0.4, -0.2) is 12.2 Å². The summed E-state index contributed by atoms with van der Waals surface area (Å²) in [7, 11) is 1.52. The summed E-state index contributed by atoms with van der Waals surface area (Å²) in [4.78, 5) is 0. The van der Waals surface area contributed by atoms with Crippen LogP contribution in [0.1, 0.15) is 17.2 Å². The molecule has 5 heteroatoms. The number of aromatic hydroxyl groups is 1. The Labute approximate surface area is 110 Å². The number of nitrogens with two attached hydrogens (primary N) is 1. The van der Waals surface area contributed by atoms with Gasteiger partial charge in [-0.15, -0.1) is 12.4 Å². The van der Waals surface area contributed by atoms with Crippen LogP contribution < -0.4 is 10.5 Å². The molecule has 0 saturated carbocycles. The van der Waals surface area contributed by atoms with Crippen molar-refractivity contribution in [1.82, 2.24) is 0 Å². The molecule has 1 aromatic carbocycles. The van der Waals surface area contributed by atoms with Gasteiger partial charge in [0.15, 0.2) is 11.5 Å². The van der Waals surface area contributed by atoms with Crippen LogP contribution in [0.15, 0.2) is 35.0 Å². The van der Waals surface area contributed by atoms with Crippen LogP contribution >= 0.6 is 23.7 Å². The number of phenolic OH excluding ortho intramolecular Hbond substituents is 1. The molecular formula is C12H14ClNO2S. The molecule has 0 radical (unpaired) electrons. The molecule has 2 aromatic rings. The lowest BCUT2D eigenvalue weighted by atomic mass is 10.0. The zero-order valence-corrected chi connectivity index (χ0v) is 10.9. The van der Waals surface area contributed by atoms with Crippen molar-refractivity contribution in [3.05, 3.63) is 46.2 Å². The maximum Gasteiger partial charge on any atom is 0.162 e. The lowest BCUT2D eigenvalue weighted by molar-refractivity contribution is 0.369. The fourth-order valence-corrected chi connectivity index (χ4v) is 2.28. The predicted molar refractivity (Wildman–Crippen MR) is 72.3 cm³/mol. The zero-order chi connectivity index (χ0) is 11.5. The summed E-state index contributed by atoms with van der Waals surface area (Å²) in [5.41, 5.74) is 7.75. The van der Waals surface area contributed by atoms with Gasteiger partial charge in [-0.05, 0) is 28.5 Å². The van der Waals surface area contributed by atoms with Crippen molar-refractivity contribution in [3.8, 4) is 11.5 Å². The van der Waals surface area contributed by atoms with Gasteiger partial charge in [-0.1, -0.05) is 12.1 Å². The Balaban J connectivity index is 0.00000144. The highest BCUT2D eigenvalue weighted by Crippen LogP contribution is 2.35. The average molecular weight is 272 g/mol. The van der Waals surface area contributed by atoms with Crippen molar-refractivity contribution in [2.24, 2.45) is 5.73 Å². The van der Waals surface area contributed by atoms with E-state index in [9.17, 15) is 5.11 Å². The number of ether oxygens (including phenoxy) is 1. The third kappa shape index (κ3) is 2.72. The van der Waals surface area contributed by atoms with Crippen LogP contribution in [0.25, 0.3) is 0 Å². The first kappa shape index (κ1) is 13.8. The van der Waals surface area contributed by atoms with Crippen LogP contribution in [-0.2, 0) is 0 Å². The average Bonchev–Trinajstić information content (AvgIpc) is 2.82. The molecule has 0 fully saturated rings. The summed E-state index contributed by atoms with van der Waals surface area (Å²) in [6.45, 7) is 0. The van der Waals surface area contributed by atoms with Gasteiger partial charge in [0.1, 0.15) is 0 Å². The minimum absolute atomic E-state index is 0. The quantitative estimate of drug-likeness (QED) is 0.902. The number of hydrogen-bond donors (Lipinski definition) is 2. The number of hydrogen-bond acceptors (Lipinski definition) is 4. The first-order valence-corrected chi connectivity index (χ1v) is 5.82. The van der Waals surface area contributed by atoms with Crippen molar-refractivity contribution in [2.45, 2.75) is 6.04 Å². The predicted octanol–water partition coefficient (Wildman–Crippen LogP) is 2.93. The van der Waals surface area contributed by atoms with Crippen molar-refractivity contribution in [1.29, 1.82) is 0 Å². The molecule has 0 bridgehead atoms. The molecule has 0 aliphatic carbocycles. The summed E-state index contributed by atoms with van der Waals surface area (Å²) in [5.74, 6) is 0.562. The van der Waals surface area contributed by atoms with Gasteiger partial charge in [0.2, 0.25) is 0 Å². The molecule has 2 rings (SSSR count). The van der Waals surface area contributed by atoms with Crippen molar-refractivity contribution in [2.75, 3.05) is 7.11 Å². The van der Waals surface area contributed by atoms with Gasteiger partial charge in [-0.2, -0.15) is 11.3 Å². The Morgan fingerprint density at radius 3 is 2.71 bits per heavy atom.